The monoisotopic (exact) mass is 369 g/mol. The van der Waals surface area contributed by atoms with Crippen LogP contribution in [0.2, 0.25) is 0 Å². The van der Waals surface area contributed by atoms with E-state index in [1.165, 1.54) is 11.4 Å². The first-order chi connectivity index (χ1) is 11.9. The first kappa shape index (κ1) is 19.8. The molecule has 1 saturated heterocycles. The number of nitrogens with zero attached hydrogens (tertiary/aromatic N) is 2. The van der Waals surface area contributed by atoms with Gasteiger partial charge >= 0.3 is 0 Å². The number of methoxy groups -OCH3 is 1. The minimum absolute atomic E-state index is 0.142. The first-order valence-electron chi connectivity index (χ1n) is 8.41. The van der Waals surface area contributed by atoms with Crippen molar-refractivity contribution in [3.63, 3.8) is 0 Å². The van der Waals surface area contributed by atoms with Crippen molar-refractivity contribution in [3.05, 3.63) is 29.3 Å². The zero-order valence-corrected chi connectivity index (χ0v) is 15.9. The standard InChI is InChI=1S/C17H27N3O4S/c1-14-4-5-16(12-15(14)2)25(22,23)20(10-11-24-3)13-17(21)19-8-6-18-7-9-19/h4-5,12,18H,6-11,13H2,1-3H3. The molecule has 2 rings (SSSR count). The molecule has 1 fully saturated rings. The third-order valence-electron chi connectivity index (χ3n) is 4.44. The first-order valence-corrected chi connectivity index (χ1v) is 9.85. The Labute approximate surface area is 150 Å². The molecule has 1 heterocycles. The summed E-state index contributed by atoms with van der Waals surface area (Å²) in [5.74, 6) is -0.176. The number of hydrogen-bond donors (Lipinski definition) is 1. The smallest absolute Gasteiger partial charge is 0.243 e. The maximum atomic E-state index is 13.0. The van der Waals surface area contributed by atoms with Gasteiger partial charge in [0.15, 0.2) is 0 Å². The van der Waals surface area contributed by atoms with Crippen LogP contribution in [0.1, 0.15) is 11.1 Å². The van der Waals surface area contributed by atoms with Crippen LogP contribution in [0.25, 0.3) is 0 Å². The second kappa shape index (κ2) is 8.75. The fraction of sp³-hybridized carbons (Fsp3) is 0.588. The molecule has 7 nitrogen and oxygen atoms in total. The van der Waals surface area contributed by atoms with Gasteiger partial charge in [0, 0.05) is 39.8 Å². The van der Waals surface area contributed by atoms with Gasteiger partial charge in [0.2, 0.25) is 15.9 Å². The van der Waals surface area contributed by atoms with E-state index in [-0.39, 0.29) is 30.5 Å². The largest absolute Gasteiger partial charge is 0.383 e. The summed E-state index contributed by atoms with van der Waals surface area (Å²) < 4.78 is 32.3. The van der Waals surface area contributed by atoms with Crippen molar-refractivity contribution in [1.29, 1.82) is 0 Å². The minimum atomic E-state index is -3.76. The van der Waals surface area contributed by atoms with Gasteiger partial charge in [0.1, 0.15) is 0 Å². The number of rotatable bonds is 7. The van der Waals surface area contributed by atoms with Crippen LogP contribution in [0, 0.1) is 13.8 Å². The quantitative estimate of drug-likeness (QED) is 0.751. The normalized spacial score (nSPS) is 15.6. The zero-order chi connectivity index (χ0) is 18.4. The predicted octanol–water partition coefficient (Wildman–Crippen LogP) is 0.372. The van der Waals surface area contributed by atoms with Crippen LogP contribution in [0.4, 0.5) is 0 Å². The minimum Gasteiger partial charge on any atom is -0.383 e. The molecule has 0 bridgehead atoms. The fourth-order valence-electron chi connectivity index (χ4n) is 2.67. The number of sulfonamides is 1. The number of carbonyl (C=O) groups is 1. The maximum Gasteiger partial charge on any atom is 0.243 e. The lowest BCUT2D eigenvalue weighted by molar-refractivity contribution is -0.132. The Morgan fingerprint density at radius 3 is 2.52 bits per heavy atom. The van der Waals surface area contributed by atoms with E-state index in [1.807, 2.05) is 13.8 Å². The van der Waals surface area contributed by atoms with Crippen molar-refractivity contribution in [3.8, 4) is 0 Å². The highest BCUT2D eigenvalue weighted by Gasteiger charge is 2.29. The van der Waals surface area contributed by atoms with Crippen LogP contribution >= 0.6 is 0 Å². The number of carbonyl (C=O) groups excluding carboxylic acids is 1. The number of ether oxygens (including phenoxy) is 1. The summed E-state index contributed by atoms with van der Waals surface area (Å²) in [6, 6.07) is 5.03. The van der Waals surface area contributed by atoms with E-state index in [0.717, 1.165) is 24.2 Å². The number of piperazine rings is 1. The predicted molar refractivity (Wildman–Crippen MR) is 96.0 cm³/mol. The summed E-state index contributed by atoms with van der Waals surface area (Å²) in [7, 11) is -2.24. The second-order valence-corrected chi connectivity index (χ2v) is 8.15. The molecule has 8 heteroatoms. The summed E-state index contributed by atoms with van der Waals surface area (Å²) in [6.07, 6.45) is 0. The van der Waals surface area contributed by atoms with Gasteiger partial charge in [-0.15, -0.1) is 0 Å². The number of benzene rings is 1. The van der Waals surface area contributed by atoms with Crippen molar-refractivity contribution in [2.24, 2.45) is 0 Å². The fourth-order valence-corrected chi connectivity index (χ4v) is 4.13. The average molecular weight is 369 g/mol. The van der Waals surface area contributed by atoms with Crippen molar-refractivity contribution in [2.45, 2.75) is 18.7 Å². The third kappa shape index (κ3) is 5.01. The molecule has 0 radical (unpaired) electrons. The number of aryl methyl sites for hydroxylation is 2. The Morgan fingerprint density at radius 1 is 1.24 bits per heavy atom. The molecule has 0 atom stereocenters. The van der Waals surface area contributed by atoms with Gasteiger partial charge in [-0.05, 0) is 37.1 Å². The highest BCUT2D eigenvalue weighted by Crippen LogP contribution is 2.19. The van der Waals surface area contributed by atoms with Crippen molar-refractivity contribution < 1.29 is 17.9 Å². The number of nitrogens with one attached hydrogen (secondary N) is 1. The summed E-state index contributed by atoms with van der Waals surface area (Å²) in [5.41, 5.74) is 1.93. The van der Waals surface area contributed by atoms with Gasteiger partial charge in [-0.25, -0.2) is 8.42 Å². The second-order valence-electron chi connectivity index (χ2n) is 6.21. The average Bonchev–Trinajstić information content (AvgIpc) is 2.61. The van der Waals surface area contributed by atoms with E-state index in [0.29, 0.717) is 13.1 Å². The van der Waals surface area contributed by atoms with Crippen LogP contribution in [0.15, 0.2) is 23.1 Å². The Hall–Kier alpha value is -1.48. The van der Waals surface area contributed by atoms with Crippen molar-refractivity contribution >= 4 is 15.9 Å². The summed E-state index contributed by atoms with van der Waals surface area (Å²) in [4.78, 5) is 14.4. The topological polar surface area (TPSA) is 79.0 Å². The van der Waals surface area contributed by atoms with E-state index in [1.54, 1.807) is 23.1 Å². The summed E-state index contributed by atoms with van der Waals surface area (Å²) >= 11 is 0. The molecule has 1 aliphatic heterocycles. The van der Waals surface area contributed by atoms with Crippen LogP contribution < -0.4 is 5.32 Å². The van der Waals surface area contributed by atoms with Crippen LogP contribution in [-0.4, -0.2) is 76.5 Å². The third-order valence-corrected chi connectivity index (χ3v) is 6.28. The molecule has 1 aliphatic rings. The van der Waals surface area contributed by atoms with Gasteiger partial charge in [-0.2, -0.15) is 4.31 Å². The van der Waals surface area contributed by atoms with E-state index in [4.69, 9.17) is 4.74 Å². The summed E-state index contributed by atoms with van der Waals surface area (Å²) in [5, 5.41) is 3.18. The number of amides is 1. The molecular formula is C17H27N3O4S. The molecule has 0 spiro atoms. The molecule has 0 saturated carbocycles. The van der Waals surface area contributed by atoms with Gasteiger partial charge in [0.05, 0.1) is 18.0 Å². The van der Waals surface area contributed by atoms with E-state index in [9.17, 15) is 13.2 Å². The molecular weight excluding hydrogens is 342 g/mol. The molecule has 1 N–H and O–H groups in total. The Balaban J connectivity index is 2.21. The lowest BCUT2D eigenvalue weighted by Crippen LogP contribution is -2.50. The molecule has 0 aromatic heterocycles. The van der Waals surface area contributed by atoms with Gasteiger partial charge in [0.25, 0.3) is 0 Å². The SMILES string of the molecule is COCCN(CC(=O)N1CCNCC1)S(=O)(=O)c1ccc(C)c(C)c1. The van der Waals surface area contributed by atoms with Crippen LogP contribution in [0.5, 0.6) is 0 Å². The van der Waals surface area contributed by atoms with E-state index >= 15 is 0 Å². The Bertz CT molecular complexity index is 700. The van der Waals surface area contributed by atoms with Crippen LogP contribution in [0.3, 0.4) is 0 Å². The highest BCUT2D eigenvalue weighted by atomic mass is 32.2. The lowest BCUT2D eigenvalue weighted by Gasteiger charge is -2.30. The van der Waals surface area contributed by atoms with Crippen LogP contribution in [-0.2, 0) is 19.6 Å². The maximum absolute atomic E-state index is 13.0. The van der Waals surface area contributed by atoms with Gasteiger partial charge < -0.3 is 15.0 Å². The zero-order valence-electron chi connectivity index (χ0n) is 15.1. The molecule has 1 aromatic rings. The lowest BCUT2D eigenvalue weighted by atomic mass is 10.1. The summed E-state index contributed by atoms with van der Waals surface area (Å²) in [6.45, 7) is 6.67. The molecule has 0 unspecified atom stereocenters. The Kier molecular flexibility index (Phi) is 6.95. The molecule has 1 amide bonds. The van der Waals surface area contributed by atoms with Crippen molar-refractivity contribution in [1.82, 2.24) is 14.5 Å². The Morgan fingerprint density at radius 2 is 1.92 bits per heavy atom. The molecule has 0 aliphatic carbocycles. The van der Waals surface area contributed by atoms with Gasteiger partial charge in [-0.1, -0.05) is 6.07 Å². The molecule has 25 heavy (non-hydrogen) atoms. The molecule has 140 valence electrons. The van der Waals surface area contributed by atoms with E-state index < -0.39 is 10.0 Å². The van der Waals surface area contributed by atoms with Crippen molar-refractivity contribution in [2.75, 3.05) is 53.0 Å². The molecule has 1 aromatic carbocycles. The highest BCUT2D eigenvalue weighted by molar-refractivity contribution is 7.89. The van der Waals surface area contributed by atoms with E-state index in [2.05, 4.69) is 5.32 Å². The van der Waals surface area contributed by atoms with Gasteiger partial charge in [-0.3, -0.25) is 4.79 Å². The number of hydrogen-bond acceptors (Lipinski definition) is 5.